The molecule has 0 radical (unpaired) electrons. The van der Waals surface area contributed by atoms with Crippen molar-refractivity contribution in [1.29, 1.82) is 0 Å². The fourth-order valence-corrected chi connectivity index (χ4v) is 2.44. The highest BCUT2D eigenvalue weighted by Gasteiger charge is 2.47. The molecule has 1 aliphatic rings. The molecule has 4 heteroatoms. The smallest absolute Gasteiger partial charge is 0.228 e. The van der Waals surface area contributed by atoms with Gasteiger partial charge >= 0.3 is 0 Å². The molecule has 120 valence electrons. The summed E-state index contributed by atoms with van der Waals surface area (Å²) in [7, 11) is 0. The van der Waals surface area contributed by atoms with Crippen LogP contribution in [0.4, 0.5) is 5.69 Å². The van der Waals surface area contributed by atoms with Crippen LogP contribution >= 0.6 is 0 Å². The summed E-state index contributed by atoms with van der Waals surface area (Å²) < 4.78 is 0. The summed E-state index contributed by atoms with van der Waals surface area (Å²) >= 11 is 0. The minimum Gasteiger partial charge on any atom is -0.356 e. The Bertz CT molecular complexity index is 543. The maximum absolute atomic E-state index is 12.2. The summed E-state index contributed by atoms with van der Waals surface area (Å²) in [4.78, 5) is 23.9. The van der Waals surface area contributed by atoms with Gasteiger partial charge in [0.1, 0.15) is 0 Å². The van der Waals surface area contributed by atoms with E-state index in [0.717, 1.165) is 12.1 Å². The van der Waals surface area contributed by atoms with Crippen molar-refractivity contribution in [1.82, 2.24) is 5.32 Å². The number of carbonyl (C=O) groups excluding carboxylic acids is 2. The molecule has 2 N–H and O–H groups in total. The van der Waals surface area contributed by atoms with Crippen molar-refractivity contribution in [3.63, 3.8) is 0 Å². The van der Waals surface area contributed by atoms with Gasteiger partial charge in [0.2, 0.25) is 11.8 Å². The number of rotatable bonds is 5. The lowest BCUT2D eigenvalue weighted by atomic mass is 9.87. The molecule has 1 saturated carbocycles. The standard InChI is InChI=1S/C18H26N2O2/c1-5-10-19-16(21)14-11-15(14)17(22)20-13-8-6-12(7-9-13)18(2,3)4/h6-9,14-15H,5,10-11H2,1-4H3,(H,19,21)(H,20,22). The molecule has 22 heavy (non-hydrogen) atoms. The van der Waals surface area contributed by atoms with Crippen LogP contribution in [0.25, 0.3) is 0 Å². The fourth-order valence-electron chi connectivity index (χ4n) is 2.44. The maximum Gasteiger partial charge on any atom is 0.228 e. The van der Waals surface area contributed by atoms with E-state index < -0.39 is 0 Å². The molecule has 0 bridgehead atoms. The van der Waals surface area contributed by atoms with Gasteiger partial charge in [0.25, 0.3) is 0 Å². The SMILES string of the molecule is CCCNC(=O)C1CC1C(=O)Nc1ccc(C(C)(C)C)cc1. The van der Waals surface area contributed by atoms with E-state index in [1.54, 1.807) is 0 Å². The average molecular weight is 302 g/mol. The highest BCUT2D eigenvalue weighted by atomic mass is 16.2. The van der Waals surface area contributed by atoms with Crippen molar-refractivity contribution in [2.24, 2.45) is 11.8 Å². The van der Waals surface area contributed by atoms with Crippen LogP contribution in [0.3, 0.4) is 0 Å². The van der Waals surface area contributed by atoms with Crippen LogP contribution < -0.4 is 10.6 Å². The predicted molar refractivity (Wildman–Crippen MR) is 88.7 cm³/mol. The number of benzene rings is 1. The van der Waals surface area contributed by atoms with Gasteiger partial charge in [-0.2, -0.15) is 0 Å². The lowest BCUT2D eigenvalue weighted by Gasteiger charge is -2.19. The van der Waals surface area contributed by atoms with Crippen molar-refractivity contribution in [3.8, 4) is 0 Å². The minimum atomic E-state index is -0.181. The molecule has 0 spiro atoms. The van der Waals surface area contributed by atoms with Crippen LogP contribution in [0.5, 0.6) is 0 Å². The number of amides is 2. The van der Waals surface area contributed by atoms with Crippen LogP contribution in [0.15, 0.2) is 24.3 Å². The first kappa shape index (κ1) is 16.5. The first-order valence-corrected chi connectivity index (χ1v) is 8.02. The molecule has 1 aromatic rings. The van der Waals surface area contributed by atoms with Crippen LogP contribution in [-0.2, 0) is 15.0 Å². The van der Waals surface area contributed by atoms with Gasteiger partial charge in [0, 0.05) is 12.2 Å². The van der Waals surface area contributed by atoms with E-state index in [9.17, 15) is 9.59 Å². The molecule has 1 aliphatic carbocycles. The normalized spacial score (nSPS) is 20.4. The van der Waals surface area contributed by atoms with Gasteiger partial charge in [-0.05, 0) is 36.0 Å². The Kier molecular flexibility index (Phi) is 4.89. The Morgan fingerprint density at radius 3 is 2.23 bits per heavy atom. The Morgan fingerprint density at radius 1 is 1.09 bits per heavy atom. The largest absolute Gasteiger partial charge is 0.356 e. The average Bonchev–Trinajstić information content (AvgIpc) is 3.25. The topological polar surface area (TPSA) is 58.2 Å². The van der Waals surface area contributed by atoms with Crippen molar-refractivity contribution < 1.29 is 9.59 Å². The Morgan fingerprint density at radius 2 is 1.68 bits per heavy atom. The van der Waals surface area contributed by atoms with Gasteiger partial charge in [0.15, 0.2) is 0 Å². The highest BCUT2D eigenvalue weighted by molar-refractivity contribution is 5.99. The van der Waals surface area contributed by atoms with Crippen molar-refractivity contribution in [2.75, 3.05) is 11.9 Å². The van der Waals surface area contributed by atoms with Gasteiger partial charge < -0.3 is 10.6 Å². The van der Waals surface area contributed by atoms with Crippen molar-refractivity contribution in [2.45, 2.75) is 46.0 Å². The Hall–Kier alpha value is -1.84. The highest BCUT2D eigenvalue weighted by Crippen LogP contribution is 2.39. The van der Waals surface area contributed by atoms with Crippen LogP contribution in [-0.4, -0.2) is 18.4 Å². The molecule has 2 amide bonds. The zero-order valence-corrected chi connectivity index (χ0v) is 13.9. The van der Waals surface area contributed by atoms with E-state index in [1.165, 1.54) is 5.56 Å². The molecule has 0 saturated heterocycles. The zero-order valence-electron chi connectivity index (χ0n) is 13.9. The molecule has 2 atom stereocenters. The quantitative estimate of drug-likeness (QED) is 0.878. The lowest BCUT2D eigenvalue weighted by Crippen LogP contribution is -2.28. The van der Waals surface area contributed by atoms with E-state index >= 15 is 0 Å². The molecule has 0 aliphatic heterocycles. The second-order valence-corrected chi connectivity index (χ2v) is 7.06. The molecular formula is C18H26N2O2. The van der Waals surface area contributed by atoms with Gasteiger partial charge in [0.05, 0.1) is 11.8 Å². The maximum atomic E-state index is 12.2. The van der Waals surface area contributed by atoms with Gasteiger partial charge in [-0.1, -0.05) is 39.8 Å². The molecule has 2 rings (SSSR count). The monoisotopic (exact) mass is 302 g/mol. The number of carbonyl (C=O) groups is 2. The summed E-state index contributed by atoms with van der Waals surface area (Å²) in [5.41, 5.74) is 2.12. The molecule has 1 aromatic carbocycles. The third kappa shape index (κ3) is 4.09. The van der Waals surface area contributed by atoms with Gasteiger partial charge in [-0.15, -0.1) is 0 Å². The molecule has 4 nitrogen and oxygen atoms in total. The molecule has 2 unspecified atom stereocenters. The first-order valence-electron chi connectivity index (χ1n) is 8.02. The van der Waals surface area contributed by atoms with E-state index in [0.29, 0.717) is 13.0 Å². The van der Waals surface area contributed by atoms with Gasteiger partial charge in [-0.25, -0.2) is 0 Å². The van der Waals surface area contributed by atoms with E-state index in [1.807, 2.05) is 31.2 Å². The lowest BCUT2D eigenvalue weighted by molar-refractivity contribution is -0.125. The van der Waals surface area contributed by atoms with E-state index in [4.69, 9.17) is 0 Å². The van der Waals surface area contributed by atoms with Crippen molar-refractivity contribution in [3.05, 3.63) is 29.8 Å². The number of hydrogen-bond donors (Lipinski definition) is 2. The van der Waals surface area contributed by atoms with E-state index in [2.05, 4.69) is 31.4 Å². The predicted octanol–water partition coefficient (Wildman–Crippen LogP) is 3.08. The summed E-state index contributed by atoms with van der Waals surface area (Å²) in [6.07, 6.45) is 1.57. The first-order chi connectivity index (χ1) is 10.3. The molecule has 0 aromatic heterocycles. The minimum absolute atomic E-state index is 0.00470. The number of nitrogens with one attached hydrogen (secondary N) is 2. The molecule has 0 heterocycles. The Labute approximate surface area is 132 Å². The second-order valence-electron chi connectivity index (χ2n) is 7.06. The summed E-state index contributed by atoms with van der Waals surface area (Å²) in [6.45, 7) is 9.16. The van der Waals surface area contributed by atoms with Gasteiger partial charge in [-0.3, -0.25) is 9.59 Å². The van der Waals surface area contributed by atoms with Crippen LogP contribution in [0, 0.1) is 11.8 Å². The summed E-state index contributed by atoms with van der Waals surface area (Å²) in [5, 5.41) is 5.75. The third-order valence-corrected chi connectivity index (χ3v) is 4.03. The summed E-state index contributed by atoms with van der Waals surface area (Å²) in [5.74, 6) is -0.384. The fraction of sp³-hybridized carbons (Fsp3) is 0.556. The number of anilines is 1. The van der Waals surface area contributed by atoms with Crippen molar-refractivity contribution >= 4 is 17.5 Å². The Balaban J connectivity index is 1.87. The zero-order chi connectivity index (χ0) is 16.3. The summed E-state index contributed by atoms with van der Waals surface area (Å²) in [6, 6.07) is 7.92. The molecular weight excluding hydrogens is 276 g/mol. The molecule has 1 fully saturated rings. The van der Waals surface area contributed by atoms with Crippen LogP contribution in [0.2, 0.25) is 0 Å². The van der Waals surface area contributed by atoms with Crippen LogP contribution in [0.1, 0.15) is 46.1 Å². The second kappa shape index (κ2) is 6.51. The third-order valence-electron chi connectivity index (χ3n) is 4.03. The van der Waals surface area contributed by atoms with E-state index in [-0.39, 0.29) is 29.1 Å². The number of hydrogen-bond acceptors (Lipinski definition) is 2.